The number of halogens is 1. The van der Waals surface area contributed by atoms with Gasteiger partial charge in [-0.05, 0) is 36.4 Å². The Bertz CT molecular complexity index is 875. The second-order valence-electron chi connectivity index (χ2n) is 4.82. The van der Waals surface area contributed by atoms with Crippen molar-refractivity contribution < 1.29 is 4.79 Å². The van der Waals surface area contributed by atoms with Crippen LogP contribution in [0.3, 0.4) is 0 Å². The molecule has 22 heavy (non-hydrogen) atoms. The molecule has 1 aromatic heterocycles. The first-order valence-electron chi connectivity index (χ1n) is 6.83. The maximum absolute atomic E-state index is 12.7. The fourth-order valence-corrected chi connectivity index (χ4v) is 2.49. The SMILES string of the molecule is N#CCCn1c(C(=O)c2ccc(Cl)cc2)nc2ccccc21. The second kappa shape index (κ2) is 6.00. The third-order valence-corrected chi connectivity index (χ3v) is 3.66. The molecule has 0 saturated heterocycles. The fraction of sp³-hybridized carbons (Fsp3) is 0.118. The summed E-state index contributed by atoms with van der Waals surface area (Å²) in [5, 5.41) is 9.41. The van der Waals surface area contributed by atoms with E-state index in [2.05, 4.69) is 11.1 Å². The Labute approximate surface area is 132 Å². The quantitative estimate of drug-likeness (QED) is 0.688. The van der Waals surface area contributed by atoms with Crippen LogP contribution in [0.2, 0.25) is 5.02 Å². The smallest absolute Gasteiger partial charge is 0.228 e. The van der Waals surface area contributed by atoms with Crippen molar-refractivity contribution in [3.8, 4) is 6.07 Å². The number of ketones is 1. The van der Waals surface area contributed by atoms with Gasteiger partial charge in [-0.2, -0.15) is 5.26 Å². The number of para-hydroxylation sites is 2. The predicted octanol–water partition coefficient (Wildman–Crippen LogP) is 3.83. The average molecular weight is 310 g/mol. The molecular weight excluding hydrogens is 298 g/mol. The van der Waals surface area contributed by atoms with Crippen molar-refractivity contribution in [2.45, 2.75) is 13.0 Å². The Morgan fingerprint density at radius 1 is 1.18 bits per heavy atom. The fourth-order valence-electron chi connectivity index (χ4n) is 2.37. The minimum atomic E-state index is -0.175. The normalized spacial score (nSPS) is 10.5. The molecule has 3 rings (SSSR count). The summed E-state index contributed by atoms with van der Waals surface area (Å²) in [6.45, 7) is 0.436. The molecule has 5 heteroatoms. The second-order valence-corrected chi connectivity index (χ2v) is 5.26. The highest BCUT2D eigenvalue weighted by Crippen LogP contribution is 2.20. The molecule has 2 aromatic carbocycles. The Kier molecular flexibility index (Phi) is 3.90. The van der Waals surface area contributed by atoms with Crippen LogP contribution in [0.25, 0.3) is 11.0 Å². The van der Waals surface area contributed by atoms with Gasteiger partial charge in [0, 0.05) is 17.1 Å². The monoisotopic (exact) mass is 309 g/mol. The van der Waals surface area contributed by atoms with Crippen LogP contribution in [-0.2, 0) is 6.54 Å². The number of benzene rings is 2. The Morgan fingerprint density at radius 3 is 2.64 bits per heavy atom. The van der Waals surface area contributed by atoms with E-state index in [-0.39, 0.29) is 5.78 Å². The van der Waals surface area contributed by atoms with Crippen LogP contribution >= 0.6 is 11.6 Å². The van der Waals surface area contributed by atoms with Crippen molar-refractivity contribution in [2.75, 3.05) is 0 Å². The molecule has 0 amide bonds. The van der Waals surface area contributed by atoms with E-state index in [1.165, 1.54) is 0 Å². The van der Waals surface area contributed by atoms with Gasteiger partial charge in [0.15, 0.2) is 5.82 Å². The third-order valence-electron chi connectivity index (χ3n) is 3.41. The Morgan fingerprint density at radius 2 is 1.91 bits per heavy atom. The van der Waals surface area contributed by atoms with Crippen LogP contribution in [0.15, 0.2) is 48.5 Å². The predicted molar refractivity (Wildman–Crippen MR) is 84.8 cm³/mol. The number of carbonyl (C=O) groups is 1. The number of imidazole rings is 1. The van der Waals surface area contributed by atoms with E-state index in [1.54, 1.807) is 28.8 Å². The number of fused-ring (bicyclic) bond motifs is 1. The van der Waals surface area contributed by atoms with Gasteiger partial charge in [-0.1, -0.05) is 23.7 Å². The van der Waals surface area contributed by atoms with Gasteiger partial charge >= 0.3 is 0 Å². The zero-order valence-electron chi connectivity index (χ0n) is 11.7. The van der Waals surface area contributed by atoms with Gasteiger partial charge in [0.1, 0.15) is 0 Å². The lowest BCUT2D eigenvalue weighted by Gasteiger charge is -2.06. The van der Waals surface area contributed by atoms with Gasteiger partial charge in [0.25, 0.3) is 0 Å². The van der Waals surface area contributed by atoms with Crippen LogP contribution in [0.5, 0.6) is 0 Å². The first-order valence-corrected chi connectivity index (χ1v) is 7.21. The van der Waals surface area contributed by atoms with Crippen molar-refractivity contribution >= 4 is 28.4 Å². The van der Waals surface area contributed by atoms with Crippen molar-refractivity contribution in [3.05, 3.63) is 64.9 Å². The van der Waals surface area contributed by atoms with Gasteiger partial charge in [-0.25, -0.2) is 4.98 Å². The van der Waals surface area contributed by atoms with E-state index in [1.807, 2.05) is 24.3 Å². The van der Waals surface area contributed by atoms with E-state index >= 15 is 0 Å². The molecule has 0 spiro atoms. The number of carbonyl (C=O) groups excluding carboxylic acids is 1. The number of hydrogen-bond donors (Lipinski definition) is 0. The van der Waals surface area contributed by atoms with Gasteiger partial charge in [-0.15, -0.1) is 0 Å². The molecule has 0 aliphatic heterocycles. The summed E-state index contributed by atoms with van der Waals surface area (Å²) in [6.07, 6.45) is 0.321. The maximum atomic E-state index is 12.7. The van der Waals surface area contributed by atoms with E-state index < -0.39 is 0 Å². The largest absolute Gasteiger partial charge is 0.320 e. The molecule has 0 N–H and O–H groups in total. The summed E-state index contributed by atoms with van der Waals surface area (Å²) in [4.78, 5) is 17.1. The molecule has 0 radical (unpaired) electrons. The van der Waals surface area contributed by atoms with Crippen LogP contribution in [0.4, 0.5) is 0 Å². The van der Waals surface area contributed by atoms with Gasteiger partial charge in [0.2, 0.25) is 5.78 Å². The molecule has 0 atom stereocenters. The molecule has 0 fully saturated rings. The first kappa shape index (κ1) is 14.3. The van der Waals surface area contributed by atoms with Gasteiger partial charge in [-0.3, -0.25) is 4.79 Å². The molecule has 4 nitrogen and oxygen atoms in total. The van der Waals surface area contributed by atoms with Crippen molar-refractivity contribution in [1.29, 1.82) is 5.26 Å². The summed E-state index contributed by atoms with van der Waals surface area (Å²) < 4.78 is 1.80. The van der Waals surface area contributed by atoms with E-state index in [4.69, 9.17) is 16.9 Å². The third kappa shape index (κ3) is 2.59. The number of nitrogens with zero attached hydrogens (tertiary/aromatic N) is 3. The number of nitriles is 1. The van der Waals surface area contributed by atoms with E-state index in [0.29, 0.717) is 29.4 Å². The highest BCUT2D eigenvalue weighted by molar-refractivity contribution is 6.30. The van der Waals surface area contributed by atoms with Crippen LogP contribution in [0.1, 0.15) is 22.6 Å². The lowest BCUT2D eigenvalue weighted by Crippen LogP contribution is -2.11. The zero-order chi connectivity index (χ0) is 15.5. The number of hydrogen-bond acceptors (Lipinski definition) is 3. The van der Waals surface area contributed by atoms with Crippen molar-refractivity contribution in [3.63, 3.8) is 0 Å². The summed E-state index contributed by atoms with van der Waals surface area (Å²) in [5.74, 6) is 0.171. The van der Waals surface area contributed by atoms with Crippen molar-refractivity contribution in [2.24, 2.45) is 0 Å². The summed E-state index contributed by atoms with van der Waals surface area (Å²) >= 11 is 5.86. The average Bonchev–Trinajstić information content (AvgIpc) is 2.91. The zero-order valence-corrected chi connectivity index (χ0v) is 12.4. The highest BCUT2D eigenvalue weighted by Gasteiger charge is 2.18. The van der Waals surface area contributed by atoms with Crippen LogP contribution < -0.4 is 0 Å². The van der Waals surface area contributed by atoms with Crippen molar-refractivity contribution in [1.82, 2.24) is 9.55 Å². The molecule has 108 valence electrons. The maximum Gasteiger partial charge on any atom is 0.228 e. The number of aryl methyl sites for hydroxylation is 1. The number of aromatic nitrogens is 2. The molecule has 0 bridgehead atoms. The summed E-state index contributed by atoms with van der Waals surface area (Å²) in [6, 6.07) is 16.3. The summed E-state index contributed by atoms with van der Waals surface area (Å²) in [5.41, 5.74) is 2.13. The molecule has 1 heterocycles. The molecule has 0 saturated carbocycles. The minimum Gasteiger partial charge on any atom is -0.320 e. The molecular formula is C17H12ClN3O. The highest BCUT2D eigenvalue weighted by atomic mass is 35.5. The van der Waals surface area contributed by atoms with Crippen LogP contribution in [0, 0.1) is 11.3 Å². The Balaban J connectivity index is 2.10. The van der Waals surface area contributed by atoms with Crippen LogP contribution in [-0.4, -0.2) is 15.3 Å². The molecule has 0 aliphatic rings. The van der Waals surface area contributed by atoms with E-state index in [9.17, 15) is 4.79 Å². The lowest BCUT2D eigenvalue weighted by atomic mass is 10.1. The molecule has 0 aliphatic carbocycles. The lowest BCUT2D eigenvalue weighted by molar-refractivity contribution is 0.102. The van der Waals surface area contributed by atoms with Gasteiger partial charge < -0.3 is 4.57 Å². The first-order chi connectivity index (χ1) is 10.7. The minimum absolute atomic E-state index is 0.175. The Hall–Kier alpha value is -2.64. The topological polar surface area (TPSA) is 58.7 Å². The number of rotatable bonds is 4. The van der Waals surface area contributed by atoms with Gasteiger partial charge in [0.05, 0.1) is 23.5 Å². The standard InChI is InChI=1S/C17H12ClN3O/c18-13-8-6-12(7-9-13)16(22)17-20-14-4-1-2-5-15(14)21(17)11-3-10-19/h1-2,4-9H,3,11H2. The summed E-state index contributed by atoms with van der Waals surface area (Å²) in [7, 11) is 0. The molecule has 3 aromatic rings. The van der Waals surface area contributed by atoms with E-state index in [0.717, 1.165) is 11.0 Å². The molecule has 0 unspecified atom stereocenters.